The van der Waals surface area contributed by atoms with Crippen LogP contribution in [-0.4, -0.2) is 41.1 Å². The van der Waals surface area contributed by atoms with Gasteiger partial charge in [-0.05, 0) is 57.2 Å². The van der Waals surface area contributed by atoms with Crippen LogP contribution >= 0.6 is 0 Å². The Bertz CT molecular complexity index is 572. The number of rotatable bonds is 7. The number of hydrogen-bond donors (Lipinski definition) is 1. The van der Waals surface area contributed by atoms with Gasteiger partial charge in [0.25, 0.3) is 0 Å². The zero-order valence-corrected chi connectivity index (χ0v) is 14.5. The van der Waals surface area contributed by atoms with Gasteiger partial charge in [-0.25, -0.2) is 0 Å². The summed E-state index contributed by atoms with van der Waals surface area (Å²) in [5.41, 5.74) is 1.16. The maximum Gasteiger partial charge on any atom is 0.308 e. The standard InChI is InChI=1S/C19H27NO4/c1-14-6-5-7-17(12-14)24-11-4-3-8-18(21)20-13-16(19(22)23)10-9-15(20)2/h5-7,12,15-16H,3-4,8-11,13H2,1-2H3,(H,22,23). The molecule has 2 unspecified atom stereocenters. The predicted molar refractivity (Wildman–Crippen MR) is 92.1 cm³/mol. The molecule has 0 spiro atoms. The molecule has 2 rings (SSSR count). The summed E-state index contributed by atoms with van der Waals surface area (Å²) in [5, 5.41) is 9.14. The molecule has 0 bridgehead atoms. The molecule has 1 aliphatic rings. The van der Waals surface area contributed by atoms with Crippen LogP contribution in [0.3, 0.4) is 0 Å². The lowest BCUT2D eigenvalue weighted by molar-refractivity contribution is -0.147. The molecule has 0 radical (unpaired) electrons. The lowest BCUT2D eigenvalue weighted by atomic mass is 9.93. The number of benzene rings is 1. The van der Waals surface area contributed by atoms with Gasteiger partial charge in [-0.15, -0.1) is 0 Å². The zero-order chi connectivity index (χ0) is 17.5. The average molecular weight is 333 g/mol. The van der Waals surface area contributed by atoms with Crippen LogP contribution in [0, 0.1) is 12.8 Å². The highest BCUT2D eigenvalue weighted by molar-refractivity contribution is 5.78. The highest BCUT2D eigenvalue weighted by Gasteiger charge is 2.31. The van der Waals surface area contributed by atoms with Crippen molar-refractivity contribution in [3.05, 3.63) is 29.8 Å². The van der Waals surface area contributed by atoms with E-state index in [1.807, 2.05) is 38.1 Å². The first-order valence-corrected chi connectivity index (χ1v) is 8.69. The van der Waals surface area contributed by atoms with Crippen molar-refractivity contribution in [2.24, 2.45) is 5.92 Å². The van der Waals surface area contributed by atoms with Crippen molar-refractivity contribution in [1.82, 2.24) is 4.90 Å². The first-order chi connectivity index (χ1) is 11.5. The lowest BCUT2D eigenvalue weighted by Crippen LogP contribution is -2.47. The van der Waals surface area contributed by atoms with E-state index >= 15 is 0 Å². The topological polar surface area (TPSA) is 66.8 Å². The number of unbranched alkanes of at least 4 members (excludes halogenated alkanes) is 1. The number of likely N-dealkylation sites (tertiary alicyclic amines) is 1. The number of carboxylic acid groups (broad SMARTS) is 1. The fourth-order valence-corrected chi connectivity index (χ4v) is 3.07. The molecule has 2 atom stereocenters. The van der Waals surface area contributed by atoms with E-state index in [1.165, 1.54) is 0 Å². The molecule has 24 heavy (non-hydrogen) atoms. The molecule has 1 aromatic carbocycles. The zero-order valence-electron chi connectivity index (χ0n) is 14.5. The van der Waals surface area contributed by atoms with Gasteiger partial charge in [0.15, 0.2) is 0 Å². The Morgan fingerprint density at radius 2 is 2.08 bits per heavy atom. The second kappa shape index (κ2) is 8.71. The third kappa shape index (κ3) is 5.25. The van der Waals surface area contributed by atoms with E-state index in [2.05, 4.69) is 0 Å². The van der Waals surface area contributed by atoms with Crippen LogP contribution in [0.2, 0.25) is 0 Å². The molecule has 1 aromatic rings. The van der Waals surface area contributed by atoms with Crippen molar-refractivity contribution >= 4 is 11.9 Å². The fraction of sp³-hybridized carbons (Fsp3) is 0.579. The normalized spacial score (nSPS) is 20.7. The van der Waals surface area contributed by atoms with Gasteiger partial charge < -0.3 is 14.7 Å². The van der Waals surface area contributed by atoms with Crippen molar-refractivity contribution in [1.29, 1.82) is 0 Å². The second-order valence-electron chi connectivity index (χ2n) is 6.63. The Labute approximate surface area is 143 Å². The van der Waals surface area contributed by atoms with Gasteiger partial charge in [-0.3, -0.25) is 9.59 Å². The van der Waals surface area contributed by atoms with E-state index < -0.39 is 11.9 Å². The smallest absolute Gasteiger partial charge is 0.308 e. The quantitative estimate of drug-likeness (QED) is 0.778. The first kappa shape index (κ1) is 18.3. The van der Waals surface area contributed by atoms with E-state index in [9.17, 15) is 9.59 Å². The SMILES string of the molecule is Cc1cccc(OCCCCC(=O)N2CC(C(=O)O)CCC2C)c1. The number of aryl methyl sites for hydroxylation is 1. The Morgan fingerprint density at radius 1 is 1.29 bits per heavy atom. The minimum absolute atomic E-state index is 0.0593. The van der Waals surface area contributed by atoms with E-state index in [0.717, 1.165) is 30.6 Å². The molecule has 132 valence electrons. The van der Waals surface area contributed by atoms with Crippen molar-refractivity contribution in [3.8, 4) is 5.75 Å². The summed E-state index contributed by atoms with van der Waals surface area (Å²) in [5.74, 6) is -0.305. The summed E-state index contributed by atoms with van der Waals surface area (Å²) in [4.78, 5) is 25.2. The number of carboxylic acids is 1. The molecule has 1 saturated heterocycles. The molecule has 0 aromatic heterocycles. The molecule has 1 fully saturated rings. The van der Waals surface area contributed by atoms with Crippen LogP contribution in [0.5, 0.6) is 5.75 Å². The first-order valence-electron chi connectivity index (χ1n) is 8.69. The summed E-state index contributed by atoms with van der Waals surface area (Å²) in [6.07, 6.45) is 3.44. The summed E-state index contributed by atoms with van der Waals surface area (Å²) in [7, 11) is 0. The number of carbonyl (C=O) groups is 2. The van der Waals surface area contributed by atoms with Gasteiger partial charge in [0.05, 0.1) is 12.5 Å². The van der Waals surface area contributed by atoms with E-state index in [0.29, 0.717) is 26.0 Å². The second-order valence-corrected chi connectivity index (χ2v) is 6.63. The van der Waals surface area contributed by atoms with Crippen LogP contribution in [0.15, 0.2) is 24.3 Å². The highest BCUT2D eigenvalue weighted by atomic mass is 16.5. The number of nitrogens with zero attached hydrogens (tertiary/aromatic N) is 1. The van der Waals surface area contributed by atoms with Crippen LogP contribution in [-0.2, 0) is 9.59 Å². The van der Waals surface area contributed by atoms with Gasteiger partial charge in [0, 0.05) is 19.0 Å². The minimum Gasteiger partial charge on any atom is -0.494 e. The number of ether oxygens (including phenoxy) is 1. The Kier molecular flexibility index (Phi) is 6.64. The molecule has 5 nitrogen and oxygen atoms in total. The third-order valence-corrected chi connectivity index (χ3v) is 4.59. The van der Waals surface area contributed by atoms with Gasteiger partial charge >= 0.3 is 5.97 Å². The summed E-state index contributed by atoms with van der Waals surface area (Å²) < 4.78 is 5.68. The molecule has 1 aliphatic heterocycles. The highest BCUT2D eigenvalue weighted by Crippen LogP contribution is 2.23. The monoisotopic (exact) mass is 333 g/mol. The largest absolute Gasteiger partial charge is 0.494 e. The Balaban J connectivity index is 1.69. The molecular weight excluding hydrogens is 306 g/mol. The third-order valence-electron chi connectivity index (χ3n) is 4.59. The Morgan fingerprint density at radius 3 is 2.79 bits per heavy atom. The lowest BCUT2D eigenvalue weighted by Gasteiger charge is -2.36. The molecule has 0 saturated carbocycles. The van der Waals surface area contributed by atoms with Crippen LogP contribution in [0.25, 0.3) is 0 Å². The average Bonchev–Trinajstić information content (AvgIpc) is 2.54. The number of carbonyl (C=O) groups excluding carboxylic acids is 1. The number of aliphatic carboxylic acids is 1. The van der Waals surface area contributed by atoms with Gasteiger partial charge in [-0.2, -0.15) is 0 Å². The van der Waals surface area contributed by atoms with Gasteiger partial charge in [0.1, 0.15) is 5.75 Å². The molecule has 1 heterocycles. The number of amides is 1. The van der Waals surface area contributed by atoms with Gasteiger partial charge in [0.2, 0.25) is 5.91 Å². The van der Waals surface area contributed by atoms with E-state index in [1.54, 1.807) is 4.90 Å². The van der Waals surface area contributed by atoms with Crippen LogP contribution < -0.4 is 4.74 Å². The maximum atomic E-state index is 12.3. The van der Waals surface area contributed by atoms with E-state index in [-0.39, 0.29) is 11.9 Å². The summed E-state index contributed by atoms with van der Waals surface area (Å²) >= 11 is 0. The maximum absolute atomic E-state index is 12.3. The summed E-state index contributed by atoms with van der Waals surface area (Å²) in [6.45, 7) is 4.95. The number of hydrogen-bond acceptors (Lipinski definition) is 3. The van der Waals surface area contributed by atoms with Crippen molar-refractivity contribution in [2.45, 2.75) is 52.0 Å². The molecular formula is C19H27NO4. The minimum atomic E-state index is -0.800. The molecule has 5 heteroatoms. The van der Waals surface area contributed by atoms with Crippen LogP contribution in [0.1, 0.15) is 44.6 Å². The summed E-state index contributed by atoms with van der Waals surface area (Å²) in [6, 6.07) is 8.05. The molecule has 1 amide bonds. The fourth-order valence-electron chi connectivity index (χ4n) is 3.07. The molecule has 0 aliphatic carbocycles. The van der Waals surface area contributed by atoms with Gasteiger partial charge in [-0.1, -0.05) is 12.1 Å². The predicted octanol–water partition coefficient (Wildman–Crippen LogP) is 3.26. The van der Waals surface area contributed by atoms with Crippen LogP contribution in [0.4, 0.5) is 0 Å². The van der Waals surface area contributed by atoms with Crippen molar-refractivity contribution in [3.63, 3.8) is 0 Å². The van der Waals surface area contributed by atoms with E-state index in [4.69, 9.17) is 9.84 Å². The van der Waals surface area contributed by atoms with Crippen molar-refractivity contribution < 1.29 is 19.4 Å². The molecule has 1 N–H and O–H groups in total. The number of piperidine rings is 1. The van der Waals surface area contributed by atoms with Crippen molar-refractivity contribution in [2.75, 3.05) is 13.2 Å². The Hall–Kier alpha value is -2.04.